The molecule has 160 valence electrons. The first-order chi connectivity index (χ1) is 14.8. The molecule has 5 rings (SSSR count). The highest BCUT2D eigenvalue weighted by Crippen LogP contribution is 2.39. The molecule has 1 amide bonds. The summed E-state index contributed by atoms with van der Waals surface area (Å²) >= 11 is 11.9. The van der Waals surface area contributed by atoms with E-state index in [-0.39, 0.29) is 5.41 Å². The molecule has 4 aromatic heterocycles. The first-order valence-corrected chi connectivity index (χ1v) is 10.0. The van der Waals surface area contributed by atoms with Crippen molar-refractivity contribution in [2.24, 2.45) is 0 Å². The van der Waals surface area contributed by atoms with E-state index >= 15 is 0 Å². The van der Waals surface area contributed by atoms with E-state index < -0.39 is 0 Å². The summed E-state index contributed by atoms with van der Waals surface area (Å²) in [5.74, 6) is 0.415. The van der Waals surface area contributed by atoms with Crippen LogP contribution in [0.5, 0.6) is 0 Å². The molecule has 10 nitrogen and oxygen atoms in total. The van der Waals surface area contributed by atoms with E-state index in [0.29, 0.717) is 28.1 Å². The molecule has 1 aliphatic rings. The Morgan fingerprint density at radius 3 is 2.55 bits per heavy atom. The number of hydrogen-bond donors (Lipinski definition) is 1. The molecule has 1 aliphatic heterocycles. The molecule has 0 saturated heterocycles. The fourth-order valence-corrected chi connectivity index (χ4v) is 4.03. The van der Waals surface area contributed by atoms with E-state index in [4.69, 9.17) is 23.2 Å². The van der Waals surface area contributed by atoms with Crippen molar-refractivity contribution in [3.63, 3.8) is 0 Å². The smallest absolute Gasteiger partial charge is 0.211 e. The maximum Gasteiger partial charge on any atom is 0.211 e. The van der Waals surface area contributed by atoms with Crippen LogP contribution in [0.15, 0.2) is 36.9 Å². The molecule has 0 unspecified atom stereocenters. The fourth-order valence-electron chi connectivity index (χ4n) is 3.61. The standard InChI is InChI=1S/C11H13ClN4.C8H6ClN5O/c1-11(2)6-15(3)7-5-13-9-4-8(12)14-16(9)10(7)11;9-7-3-6(11-5-15)4-10-8(7)14-12-1-2-13-14/h4-5H,6H2,1-3H3;1-5H,(H,11,15). The van der Waals surface area contributed by atoms with E-state index in [2.05, 4.69) is 56.4 Å². The van der Waals surface area contributed by atoms with Crippen molar-refractivity contribution in [1.82, 2.24) is 34.6 Å². The van der Waals surface area contributed by atoms with Gasteiger partial charge in [0.1, 0.15) is 0 Å². The number of carbonyl (C=O) groups excluding carboxylic acids is 1. The van der Waals surface area contributed by atoms with Gasteiger partial charge in [-0.3, -0.25) is 4.79 Å². The Hall–Kier alpha value is -3.24. The summed E-state index contributed by atoms with van der Waals surface area (Å²) in [6.45, 7) is 5.40. The van der Waals surface area contributed by atoms with E-state index in [1.165, 1.54) is 29.1 Å². The Morgan fingerprint density at radius 1 is 1.13 bits per heavy atom. The molecular formula is C19H19Cl2N9O. The number of amides is 1. The lowest BCUT2D eigenvalue weighted by molar-refractivity contribution is -0.105. The summed E-state index contributed by atoms with van der Waals surface area (Å²) < 4.78 is 1.86. The zero-order chi connectivity index (χ0) is 22.2. The molecule has 0 fully saturated rings. The number of halogens is 2. The second-order valence-corrected chi connectivity index (χ2v) is 8.37. The zero-order valence-electron chi connectivity index (χ0n) is 17.0. The Labute approximate surface area is 187 Å². The molecule has 0 saturated carbocycles. The average molecular weight is 460 g/mol. The second kappa shape index (κ2) is 8.12. The third kappa shape index (κ3) is 4.04. The van der Waals surface area contributed by atoms with Crippen LogP contribution in [0.1, 0.15) is 19.5 Å². The molecule has 0 bridgehead atoms. The largest absolute Gasteiger partial charge is 0.371 e. The summed E-state index contributed by atoms with van der Waals surface area (Å²) in [4.78, 5) is 22.1. The van der Waals surface area contributed by atoms with Crippen molar-refractivity contribution in [2.45, 2.75) is 19.3 Å². The molecule has 5 heterocycles. The zero-order valence-corrected chi connectivity index (χ0v) is 18.5. The van der Waals surface area contributed by atoms with Crippen LogP contribution < -0.4 is 10.2 Å². The van der Waals surface area contributed by atoms with Crippen molar-refractivity contribution in [2.75, 3.05) is 23.8 Å². The van der Waals surface area contributed by atoms with Gasteiger partial charge in [0.05, 0.1) is 46.9 Å². The van der Waals surface area contributed by atoms with Gasteiger partial charge in [-0.1, -0.05) is 37.0 Å². The van der Waals surface area contributed by atoms with E-state index in [1.54, 1.807) is 12.1 Å². The first kappa shape index (κ1) is 21.0. The summed E-state index contributed by atoms with van der Waals surface area (Å²) in [6, 6.07) is 3.36. The lowest BCUT2D eigenvalue weighted by Gasteiger charge is -2.18. The molecule has 31 heavy (non-hydrogen) atoms. The van der Waals surface area contributed by atoms with Gasteiger partial charge >= 0.3 is 0 Å². The van der Waals surface area contributed by atoms with Crippen molar-refractivity contribution in [1.29, 1.82) is 0 Å². The van der Waals surface area contributed by atoms with Gasteiger partial charge in [0.2, 0.25) is 6.41 Å². The number of fused-ring (bicyclic) bond motifs is 3. The highest BCUT2D eigenvalue weighted by molar-refractivity contribution is 6.32. The lowest BCUT2D eigenvalue weighted by Crippen LogP contribution is -2.26. The van der Waals surface area contributed by atoms with Crippen molar-refractivity contribution in [3.05, 3.63) is 52.8 Å². The number of pyridine rings is 1. The average Bonchev–Trinajstić information content (AvgIpc) is 3.40. The Morgan fingerprint density at radius 2 is 1.87 bits per heavy atom. The second-order valence-electron chi connectivity index (χ2n) is 7.58. The minimum Gasteiger partial charge on any atom is -0.371 e. The van der Waals surface area contributed by atoms with Gasteiger partial charge in [-0.2, -0.15) is 15.3 Å². The summed E-state index contributed by atoms with van der Waals surface area (Å²) in [7, 11) is 2.08. The molecule has 0 spiro atoms. The van der Waals surface area contributed by atoms with Crippen LogP contribution in [-0.2, 0) is 10.2 Å². The third-order valence-electron chi connectivity index (χ3n) is 4.77. The SMILES string of the molecule is CN1CC(C)(C)c2c1cnc1cc(Cl)nn21.O=CNc1cnc(-n2nccn2)c(Cl)c1. The van der Waals surface area contributed by atoms with Gasteiger partial charge in [0, 0.05) is 25.1 Å². The monoisotopic (exact) mass is 459 g/mol. The number of hydrogen-bond acceptors (Lipinski definition) is 7. The molecule has 4 aromatic rings. The maximum atomic E-state index is 10.2. The van der Waals surface area contributed by atoms with Crippen LogP contribution >= 0.6 is 23.2 Å². The Balaban J connectivity index is 0.000000150. The normalized spacial score (nSPS) is 14.2. The Kier molecular flexibility index (Phi) is 5.50. The third-order valence-corrected chi connectivity index (χ3v) is 5.24. The van der Waals surface area contributed by atoms with Crippen LogP contribution in [0.25, 0.3) is 11.5 Å². The highest BCUT2D eigenvalue weighted by atomic mass is 35.5. The number of carbonyl (C=O) groups is 1. The topological polar surface area (TPSA) is 106 Å². The van der Waals surface area contributed by atoms with Crippen LogP contribution in [0.2, 0.25) is 10.2 Å². The minimum absolute atomic E-state index is 0.0701. The number of likely N-dealkylation sites (N-methyl/N-ethyl adjacent to an activating group) is 1. The lowest BCUT2D eigenvalue weighted by atomic mass is 9.91. The van der Waals surface area contributed by atoms with Gasteiger partial charge in [-0.05, 0) is 6.07 Å². The van der Waals surface area contributed by atoms with E-state index in [0.717, 1.165) is 17.9 Å². The highest BCUT2D eigenvalue weighted by Gasteiger charge is 2.36. The molecule has 12 heteroatoms. The molecule has 1 N–H and O–H groups in total. The predicted molar refractivity (Wildman–Crippen MR) is 118 cm³/mol. The van der Waals surface area contributed by atoms with E-state index in [9.17, 15) is 4.79 Å². The maximum absolute atomic E-state index is 10.2. The predicted octanol–water partition coefficient (Wildman–Crippen LogP) is 2.99. The summed E-state index contributed by atoms with van der Waals surface area (Å²) in [5.41, 5.74) is 3.72. The van der Waals surface area contributed by atoms with Gasteiger partial charge in [0.15, 0.2) is 16.6 Å². The van der Waals surface area contributed by atoms with Crippen molar-refractivity contribution < 1.29 is 4.79 Å². The molecule has 0 aromatic carbocycles. The quantitative estimate of drug-likeness (QED) is 0.469. The fraction of sp³-hybridized carbons (Fsp3) is 0.263. The van der Waals surface area contributed by atoms with Crippen LogP contribution in [0.3, 0.4) is 0 Å². The number of nitrogens with one attached hydrogen (secondary N) is 1. The molecule has 0 atom stereocenters. The molecule has 0 aliphatic carbocycles. The van der Waals surface area contributed by atoms with Crippen LogP contribution in [0, 0.1) is 0 Å². The van der Waals surface area contributed by atoms with Gasteiger partial charge in [-0.15, -0.1) is 4.80 Å². The van der Waals surface area contributed by atoms with Gasteiger partial charge < -0.3 is 10.2 Å². The first-order valence-electron chi connectivity index (χ1n) is 9.28. The Bertz CT molecular complexity index is 1240. The minimum atomic E-state index is 0.0701. The number of aromatic nitrogens is 7. The summed E-state index contributed by atoms with van der Waals surface area (Å²) in [5, 5.41) is 15.4. The van der Waals surface area contributed by atoms with Gasteiger partial charge in [-0.25, -0.2) is 14.5 Å². The van der Waals surface area contributed by atoms with Crippen molar-refractivity contribution in [3.8, 4) is 5.82 Å². The van der Waals surface area contributed by atoms with Crippen LogP contribution in [-0.4, -0.2) is 54.6 Å². The number of rotatable bonds is 3. The van der Waals surface area contributed by atoms with Gasteiger partial charge in [0.25, 0.3) is 0 Å². The molecule has 0 radical (unpaired) electrons. The molecular weight excluding hydrogens is 441 g/mol. The number of anilines is 2. The number of nitrogens with zero attached hydrogens (tertiary/aromatic N) is 8. The summed E-state index contributed by atoms with van der Waals surface area (Å²) in [6.07, 6.45) is 6.97. The van der Waals surface area contributed by atoms with E-state index in [1.807, 2.05) is 10.7 Å². The van der Waals surface area contributed by atoms with Crippen LogP contribution in [0.4, 0.5) is 11.4 Å². The van der Waals surface area contributed by atoms with Crippen molar-refractivity contribution >= 4 is 46.6 Å².